The summed E-state index contributed by atoms with van der Waals surface area (Å²) in [6, 6.07) is 15.8. The number of likely N-dealkylation sites (tertiary alicyclic amines) is 1. The molecule has 2 aromatic carbocycles. The van der Waals surface area contributed by atoms with Gasteiger partial charge in [-0.1, -0.05) is 23.7 Å². The van der Waals surface area contributed by atoms with Crippen LogP contribution in [0.5, 0.6) is 11.5 Å². The van der Waals surface area contributed by atoms with E-state index in [1.807, 2.05) is 17.0 Å². The lowest BCUT2D eigenvalue weighted by Crippen LogP contribution is -2.51. The molecular formula is C26H26ClN3O4. The zero-order valence-electron chi connectivity index (χ0n) is 19.0. The first-order chi connectivity index (χ1) is 16.5. The van der Waals surface area contributed by atoms with E-state index in [1.165, 1.54) is 0 Å². The number of benzene rings is 2. The lowest BCUT2D eigenvalue weighted by molar-refractivity contribution is 0.0671. The summed E-state index contributed by atoms with van der Waals surface area (Å²) < 4.78 is 10.6. The van der Waals surface area contributed by atoms with Crippen molar-refractivity contribution in [2.45, 2.75) is 18.4 Å². The van der Waals surface area contributed by atoms with Gasteiger partial charge >= 0.3 is 0 Å². The van der Waals surface area contributed by atoms with Crippen LogP contribution in [0.2, 0.25) is 5.02 Å². The third kappa shape index (κ3) is 4.99. The SMILES string of the molecule is COc1ccc(C(=O)N2CC[C@@H](NC(=O)c3ccccc3Cl)[C@@H](c3ccncc3)C2)cc1OC. The first kappa shape index (κ1) is 23.6. The number of piperidine rings is 1. The highest BCUT2D eigenvalue weighted by Crippen LogP contribution is 2.31. The van der Waals surface area contributed by atoms with Crippen molar-refractivity contribution < 1.29 is 19.1 Å². The fourth-order valence-corrected chi connectivity index (χ4v) is 4.52. The molecule has 1 aromatic heterocycles. The maximum atomic E-state index is 13.4. The molecule has 0 unspecified atom stereocenters. The van der Waals surface area contributed by atoms with Gasteiger partial charge in [-0.3, -0.25) is 14.6 Å². The zero-order chi connectivity index (χ0) is 24.1. The summed E-state index contributed by atoms with van der Waals surface area (Å²) in [6.07, 6.45) is 4.04. The van der Waals surface area contributed by atoms with Crippen molar-refractivity contribution >= 4 is 23.4 Å². The number of ether oxygens (including phenoxy) is 2. The number of hydrogen-bond acceptors (Lipinski definition) is 5. The predicted molar refractivity (Wildman–Crippen MR) is 130 cm³/mol. The molecule has 0 radical (unpaired) electrons. The highest BCUT2D eigenvalue weighted by Gasteiger charge is 2.34. The van der Waals surface area contributed by atoms with E-state index in [2.05, 4.69) is 10.3 Å². The second-order valence-corrected chi connectivity index (χ2v) is 8.46. The van der Waals surface area contributed by atoms with E-state index in [0.29, 0.717) is 47.2 Å². The fourth-order valence-electron chi connectivity index (χ4n) is 4.30. The number of methoxy groups -OCH3 is 2. The first-order valence-electron chi connectivity index (χ1n) is 11.0. The van der Waals surface area contributed by atoms with E-state index in [4.69, 9.17) is 21.1 Å². The van der Waals surface area contributed by atoms with Gasteiger partial charge in [0.1, 0.15) is 0 Å². The quantitative estimate of drug-likeness (QED) is 0.573. The third-order valence-electron chi connectivity index (χ3n) is 6.10. The van der Waals surface area contributed by atoms with Crippen LogP contribution in [-0.4, -0.2) is 55.0 Å². The Labute approximate surface area is 203 Å². The topological polar surface area (TPSA) is 80.8 Å². The lowest BCUT2D eigenvalue weighted by Gasteiger charge is -2.39. The number of pyridine rings is 1. The summed E-state index contributed by atoms with van der Waals surface area (Å²) >= 11 is 6.23. The molecule has 176 valence electrons. The van der Waals surface area contributed by atoms with Crippen molar-refractivity contribution in [1.82, 2.24) is 15.2 Å². The molecule has 2 amide bonds. The van der Waals surface area contributed by atoms with Crippen molar-refractivity contribution in [2.24, 2.45) is 0 Å². The molecule has 1 saturated heterocycles. The van der Waals surface area contributed by atoms with Crippen molar-refractivity contribution in [3.63, 3.8) is 0 Å². The van der Waals surface area contributed by atoms with E-state index >= 15 is 0 Å². The second kappa shape index (κ2) is 10.6. The Hall–Kier alpha value is -3.58. The maximum Gasteiger partial charge on any atom is 0.254 e. The number of aromatic nitrogens is 1. The Balaban J connectivity index is 1.56. The van der Waals surface area contributed by atoms with Crippen molar-refractivity contribution in [3.8, 4) is 11.5 Å². The van der Waals surface area contributed by atoms with Gasteiger partial charge in [0.05, 0.1) is 24.8 Å². The molecule has 0 bridgehead atoms. The molecule has 2 heterocycles. The summed E-state index contributed by atoms with van der Waals surface area (Å²) in [5.74, 6) is 0.633. The molecule has 8 heteroatoms. The molecule has 1 N–H and O–H groups in total. The summed E-state index contributed by atoms with van der Waals surface area (Å²) in [5.41, 5.74) is 1.95. The van der Waals surface area contributed by atoms with E-state index in [9.17, 15) is 9.59 Å². The summed E-state index contributed by atoms with van der Waals surface area (Å²) in [6.45, 7) is 0.951. The average molecular weight is 480 g/mol. The summed E-state index contributed by atoms with van der Waals surface area (Å²) in [7, 11) is 3.10. The minimum absolute atomic E-state index is 0.101. The average Bonchev–Trinajstić information content (AvgIpc) is 2.88. The number of rotatable bonds is 6. The van der Waals surface area contributed by atoms with Gasteiger partial charge in [0, 0.05) is 43.0 Å². The Morgan fingerprint density at radius 2 is 1.76 bits per heavy atom. The Morgan fingerprint density at radius 3 is 2.47 bits per heavy atom. The van der Waals surface area contributed by atoms with Gasteiger partial charge in [-0.15, -0.1) is 0 Å². The van der Waals surface area contributed by atoms with Crippen LogP contribution in [0.15, 0.2) is 67.0 Å². The number of nitrogens with one attached hydrogen (secondary N) is 1. The van der Waals surface area contributed by atoms with E-state index < -0.39 is 0 Å². The molecule has 1 aliphatic rings. The highest BCUT2D eigenvalue weighted by molar-refractivity contribution is 6.33. The Morgan fingerprint density at radius 1 is 1.03 bits per heavy atom. The summed E-state index contributed by atoms with van der Waals surface area (Å²) in [4.78, 5) is 32.2. The van der Waals surface area contributed by atoms with Gasteiger partial charge in [0.25, 0.3) is 11.8 Å². The van der Waals surface area contributed by atoms with Crippen LogP contribution >= 0.6 is 11.6 Å². The number of carbonyl (C=O) groups excluding carboxylic acids is 2. The van der Waals surface area contributed by atoms with Gasteiger partial charge in [-0.05, 0) is 54.4 Å². The predicted octanol–water partition coefficient (Wildman–Crippen LogP) is 4.18. The third-order valence-corrected chi connectivity index (χ3v) is 6.43. The molecule has 3 aromatic rings. The van der Waals surface area contributed by atoms with Crippen LogP contribution in [-0.2, 0) is 0 Å². The van der Waals surface area contributed by atoms with Crippen LogP contribution in [0.4, 0.5) is 0 Å². The first-order valence-corrected chi connectivity index (χ1v) is 11.4. The van der Waals surface area contributed by atoms with Crippen molar-refractivity contribution in [2.75, 3.05) is 27.3 Å². The van der Waals surface area contributed by atoms with Gasteiger partial charge in [-0.2, -0.15) is 0 Å². The minimum Gasteiger partial charge on any atom is -0.493 e. The molecule has 0 spiro atoms. The number of amides is 2. The molecule has 2 atom stereocenters. The Kier molecular flexibility index (Phi) is 7.33. The molecule has 0 saturated carbocycles. The normalized spacial score (nSPS) is 17.7. The Bertz CT molecular complexity index is 1170. The van der Waals surface area contributed by atoms with Crippen LogP contribution < -0.4 is 14.8 Å². The molecule has 0 aliphatic carbocycles. The number of carbonyl (C=O) groups is 2. The molecule has 1 fully saturated rings. The molecule has 34 heavy (non-hydrogen) atoms. The van der Waals surface area contributed by atoms with Gasteiger partial charge in [0.2, 0.25) is 0 Å². The van der Waals surface area contributed by atoms with Crippen LogP contribution in [0.1, 0.15) is 38.6 Å². The van der Waals surface area contributed by atoms with Gasteiger partial charge in [0.15, 0.2) is 11.5 Å². The monoisotopic (exact) mass is 479 g/mol. The number of halogens is 1. The summed E-state index contributed by atoms with van der Waals surface area (Å²) in [5, 5.41) is 3.54. The number of nitrogens with zero attached hydrogens (tertiary/aromatic N) is 2. The van der Waals surface area contributed by atoms with Crippen LogP contribution in [0.25, 0.3) is 0 Å². The standard InChI is InChI=1S/C26H26ClN3O4/c1-33-23-8-7-18(15-24(23)34-2)26(32)30-14-11-22(20(16-30)17-9-12-28-13-10-17)29-25(31)19-5-3-4-6-21(19)27/h3-10,12-13,15,20,22H,11,14,16H2,1-2H3,(H,29,31)/t20-,22-/m1/s1. The maximum absolute atomic E-state index is 13.4. The zero-order valence-corrected chi connectivity index (χ0v) is 19.8. The highest BCUT2D eigenvalue weighted by atomic mass is 35.5. The smallest absolute Gasteiger partial charge is 0.254 e. The van der Waals surface area contributed by atoms with E-state index in [1.54, 1.807) is 69.1 Å². The van der Waals surface area contributed by atoms with Crippen molar-refractivity contribution in [3.05, 3.63) is 88.7 Å². The largest absolute Gasteiger partial charge is 0.493 e. The van der Waals surface area contributed by atoms with Gasteiger partial charge < -0.3 is 19.7 Å². The van der Waals surface area contributed by atoms with Crippen LogP contribution in [0, 0.1) is 0 Å². The second-order valence-electron chi connectivity index (χ2n) is 8.06. The molecular weight excluding hydrogens is 454 g/mol. The van der Waals surface area contributed by atoms with Crippen LogP contribution in [0.3, 0.4) is 0 Å². The van der Waals surface area contributed by atoms with E-state index in [-0.39, 0.29) is 23.8 Å². The number of hydrogen-bond donors (Lipinski definition) is 1. The fraction of sp³-hybridized carbons (Fsp3) is 0.269. The molecule has 1 aliphatic heterocycles. The minimum atomic E-state index is -0.227. The lowest BCUT2D eigenvalue weighted by atomic mass is 9.86. The van der Waals surface area contributed by atoms with Gasteiger partial charge in [-0.25, -0.2) is 0 Å². The van der Waals surface area contributed by atoms with Crippen molar-refractivity contribution in [1.29, 1.82) is 0 Å². The molecule has 7 nitrogen and oxygen atoms in total. The van der Waals surface area contributed by atoms with E-state index in [0.717, 1.165) is 5.56 Å². The molecule has 4 rings (SSSR count).